The molecule has 0 amide bonds. The van der Waals surface area contributed by atoms with Gasteiger partial charge < -0.3 is 14.5 Å². The highest BCUT2D eigenvalue weighted by molar-refractivity contribution is 6.04. The number of nitrogens with one attached hydrogen (secondary N) is 1. The summed E-state index contributed by atoms with van der Waals surface area (Å²) in [6.45, 7) is 4.64. The van der Waals surface area contributed by atoms with Crippen molar-refractivity contribution in [2.45, 2.75) is 13.1 Å². The third kappa shape index (κ3) is 3.87. The summed E-state index contributed by atoms with van der Waals surface area (Å²) in [6, 6.07) is 21.5. The van der Waals surface area contributed by atoms with E-state index in [1.54, 1.807) is 23.9 Å². The van der Waals surface area contributed by atoms with Crippen LogP contribution in [0.2, 0.25) is 0 Å². The summed E-state index contributed by atoms with van der Waals surface area (Å²) >= 11 is 0. The first-order valence-corrected chi connectivity index (χ1v) is 10.7. The van der Waals surface area contributed by atoms with Crippen molar-refractivity contribution in [1.29, 1.82) is 0 Å². The van der Waals surface area contributed by atoms with E-state index in [1.807, 2.05) is 60.7 Å². The standard InChI is InChI=1S/C27H23N3O3/c1-3-14-30-26(19-9-11-20(32-2)12-10-19)29-17-23(27(30)31)28-16-18-8-13-25-22(15-18)21-6-4-5-7-24(21)33-25/h3-13,15,17,28H,1,14,16H2,2H3. The molecule has 5 rings (SSSR count). The number of methoxy groups -OCH3 is 1. The van der Waals surface area contributed by atoms with Crippen LogP contribution in [-0.2, 0) is 13.1 Å². The minimum atomic E-state index is -0.148. The van der Waals surface area contributed by atoms with Crippen LogP contribution in [0, 0.1) is 0 Å². The molecule has 0 saturated carbocycles. The lowest BCUT2D eigenvalue weighted by molar-refractivity contribution is 0.415. The number of ether oxygens (including phenoxy) is 1. The number of furan rings is 1. The predicted octanol–water partition coefficient (Wildman–Crippen LogP) is 5.62. The zero-order valence-corrected chi connectivity index (χ0v) is 18.2. The van der Waals surface area contributed by atoms with Crippen LogP contribution in [0.3, 0.4) is 0 Å². The summed E-state index contributed by atoms with van der Waals surface area (Å²) in [5.74, 6) is 1.33. The Morgan fingerprint density at radius 2 is 1.85 bits per heavy atom. The molecule has 6 nitrogen and oxygen atoms in total. The molecule has 0 atom stereocenters. The van der Waals surface area contributed by atoms with E-state index in [0.29, 0.717) is 24.6 Å². The molecule has 3 aromatic carbocycles. The fourth-order valence-corrected chi connectivity index (χ4v) is 3.96. The molecule has 0 spiro atoms. The predicted molar refractivity (Wildman–Crippen MR) is 132 cm³/mol. The fourth-order valence-electron chi connectivity index (χ4n) is 3.96. The van der Waals surface area contributed by atoms with Crippen molar-refractivity contribution in [1.82, 2.24) is 9.55 Å². The highest BCUT2D eigenvalue weighted by atomic mass is 16.5. The zero-order chi connectivity index (χ0) is 22.8. The van der Waals surface area contributed by atoms with E-state index in [1.165, 1.54) is 0 Å². The molecular formula is C27H23N3O3. The van der Waals surface area contributed by atoms with Crippen LogP contribution in [0.4, 0.5) is 5.69 Å². The molecule has 0 aliphatic heterocycles. The molecule has 5 aromatic rings. The lowest BCUT2D eigenvalue weighted by Gasteiger charge is -2.14. The van der Waals surface area contributed by atoms with Gasteiger partial charge in [-0.2, -0.15) is 0 Å². The monoisotopic (exact) mass is 437 g/mol. The van der Waals surface area contributed by atoms with E-state index in [2.05, 4.69) is 22.9 Å². The summed E-state index contributed by atoms with van der Waals surface area (Å²) in [7, 11) is 1.62. The molecule has 2 heterocycles. The van der Waals surface area contributed by atoms with Crippen molar-refractivity contribution in [3.05, 3.63) is 101 Å². The van der Waals surface area contributed by atoms with Gasteiger partial charge in [-0.05, 0) is 48.0 Å². The molecule has 1 N–H and O–H groups in total. The number of hydrogen-bond acceptors (Lipinski definition) is 5. The number of allylic oxidation sites excluding steroid dienone is 1. The molecule has 0 aliphatic rings. The Balaban J connectivity index is 1.44. The average molecular weight is 437 g/mol. The topological polar surface area (TPSA) is 69.3 Å². The zero-order valence-electron chi connectivity index (χ0n) is 18.2. The molecule has 2 aromatic heterocycles. The highest BCUT2D eigenvalue weighted by Crippen LogP contribution is 2.29. The molecule has 0 bridgehead atoms. The summed E-state index contributed by atoms with van der Waals surface area (Å²) in [4.78, 5) is 17.8. The van der Waals surface area contributed by atoms with Crippen molar-refractivity contribution >= 4 is 27.6 Å². The number of anilines is 1. The number of para-hydroxylation sites is 1. The van der Waals surface area contributed by atoms with Gasteiger partial charge in [0.25, 0.3) is 5.56 Å². The van der Waals surface area contributed by atoms with Gasteiger partial charge in [0.1, 0.15) is 28.4 Å². The Morgan fingerprint density at radius 1 is 1.06 bits per heavy atom. The summed E-state index contributed by atoms with van der Waals surface area (Å²) in [6.07, 6.45) is 3.28. The second kappa shape index (κ2) is 8.67. The van der Waals surface area contributed by atoms with Gasteiger partial charge in [0.15, 0.2) is 0 Å². The second-order valence-electron chi connectivity index (χ2n) is 7.71. The van der Waals surface area contributed by atoms with Crippen LogP contribution >= 0.6 is 0 Å². The average Bonchev–Trinajstić information content (AvgIpc) is 3.23. The van der Waals surface area contributed by atoms with E-state index in [4.69, 9.17) is 9.15 Å². The van der Waals surface area contributed by atoms with Crippen LogP contribution in [0.5, 0.6) is 5.75 Å². The first-order valence-electron chi connectivity index (χ1n) is 10.7. The third-order valence-corrected chi connectivity index (χ3v) is 5.63. The van der Waals surface area contributed by atoms with E-state index in [0.717, 1.165) is 38.8 Å². The van der Waals surface area contributed by atoms with E-state index in [-0.39, 0.29) is 5.56 Å². The first-order chi connectivity index (χ1) is 16.2. The molecule has 33 heavy (non-hydrogen) atoms. The quantitative estimate of drug-likeness (QED) is 0.335. The SMILES string of the molecule is C=CCn1c(-c2ccc(OC)cc2)ncc(NCc2ccc3oc4ccccc4c3c2)c1=O. The lowest BCUT2D eigenvalue weighted by atomic mass is 10.1. The first kappa shape index (κ1) is 20.6. The molecule has 0 radical (unpaired) electrons. The maximum atomic E-state index is 13.2. The Labute approximate surface area is 190 Å². The Bertz CT molecular complexity index is 1510. The van der Waals surface area contributed by atoms with Crippen LogP contribution in [0.15, 0.2) is 94.8 Å². The van der Waals surface area contributed by atoms with Gasteiger partial charge in [0.05, 0.1) is 13.3 Å². The summed E-state index contributed by atoms with van der Waals surface area (Å²) < 4.78 is 12.7. The number of fused-ring (bicyclic) bond motifs is 3. The Hall–Kier alpha value is -4.32. The lowest BCUT2D eigenvalue weighted by Crippen LogP contribution is -2.25. The molecule has 164 valence electrons. The molecular weight excluding hydrogens is 414 g/mol. The molecule has 0 saturated heterocycles. The van der Waals surface area contributed by atoms with Crippen LogP contribution in [0.25, 0.3) is 33.3 Å². The van der Waals surface area contributed by atoms with Crippen molar-refractivity contribution in [2.75, 3.05) is 12.4 Å². The van der Waals surface area contributed by atoms with Gasteiger partial charge in [-0.1, -0.05) is 30.3 Å². The van der Waals surface area contributed by atoms with Crippen LogP contribution in [0.1, 0.15) is 5.56 Å². The van der Waals surface area contributed by atoms with Crippen LogP contribution in [-0.4, -0.2) is 16.7 Å². The number of hydrogen-bond donors (Lipinski definition) is 1. The molecule has 0 aliphatic carbocycles. The number of aromatic nitrogens is 2. The summed E-state index contributed by atoms with van der Waals surface area (Å²) in [5, 5.41) is 5.38. The highest BCUT2D eigenvalue weighted by Gasteiger charge is 2.12. The second-order valence-corrected chi connectivity index (χ2v) is 7.71. The Morgan fingerprint density at radius 3 is 2.64 bits per heavy atom. The normalized spacial score (nSPS) is 11.1. The molecule has 0 unspecified atom stereocenters. The van der Waals surface area contributed by atoms with Crippen molar-refractivity contribution in [2.24, 2.45) is 0 Å². The number of nitrogens with zero attached hydrogens (tertiary/aromatic N) is 2. The minimum absolute atomic E-state index is 0.148. The summed E-state index contributed by atoms with van der Waals surface area (Å²) in [5.41, 5.74) is 3.88. The van der Waals surface area contributed by atoms with Gasteiger partial charge in [-0.3, -0.25) is 9.36 Å². The van der Waals surface area contributed by atoms with Gasteiger partial charge in [0.2, 0.25) is 0 Å². The molecule has 6 heteroatoms. The van der Waals surface area contributed by atoms with E-state index >= 15 is 0 Å². The van der Waals surface area contributed by atoms with Gasteiger partial charge >= 0.3 is 0 Å². The smallest absolute Gasteiger partial charge is 0.277 e. The van der Waals surface area contributed by atoms with Gasteiger partial charge in [-0.25, -0.2) is 4.98 Å². The minimum Gasteiger partial charge on any atom is -0.497 e. The Kier molecular flexibility index (Phi) is 5.40. The van der Waals surface area contributed by atoms with Crippen LogP contribution < -0.4 is 15.6 Å². The van der Waals surface area contributed by atoms with Gasteiger partial charge in [0, 0.05) is 29.4 Å². The molecule has 0 fully saturated rings. The number of rotatable bonds is 7. The van der Waals surface area contributed by atoms with E-state index < -0.39 is 0 Å². The van der Waals surface area contributed by atoms with Crippen molar-refractivity contribution in [3.8, 4) is 17.1 Å². The van der Waals surface area contributed by atoms with Gasteiger partial charge in [-0.15, -0.1) is 6.58 Å². The number of benzene rings is 3. The third-order valence-electron chi connectivity index (χ3n) is 5.63. The van der Waals surface area contributed by atoms with E-state index in [9.17, 15) is 4.79 Å². The fraction of sp³-hybridized carbons (Fsp3) is 0.111. The van der Waals surface area contributed by atoms with Crippen molar-refractivity contribution in [3.63, 3.8) is 0 Å². The maximum Gasteiger partial charge on any atom is 0.277 e. The maximum absolute atomic E-state index is 13.2. The van der Waals surface area contributed by atoms with Crippen molar-refractivity contribution < 1.29 is 9.15 Å². The largest absolute Gasteiger partial charge is 0.497 e.